The van der Waals surface area contributed by atoms with E-state index in [1.165, 1.54) is 0 Å². The van der Waals surface area contributed by atoms with Gasteiger partial charge >= 0.3 is 0 Å². The highest BCUT2D eigenvalue weighted by atomic mass is 32.1. The standard InChI is InChI=1S/C28H30N6OS/c1-21(33-15-17-34(18-16-33)28-29-13-8-14-30-28)20-31-25(35)19-24-26(22-9-4-2-5-10-22)32-27(36-24)23-11-6-3-7-12-23/h2-14,21H,15-20H2,1H3,(H,31,35). The first-order chi connectivity index (χ1) is 17.7. The Morgan fingerprint density at radius 3 is 2.22 bits per heavy atom. The normalized spacial score (nSPS) is 15.0. The summed E-state index contributed by atoms with van der Waals surface area (Å²) >= 11 is 1.60. The zero-order chi connectivity index (χ0) is 24.7. The number of hydrogen-bond donors (Lipinski definition) is 1. The summed E-state index contributed by atoms with van der Waals surface area (Å²) in [6.45, 7) is 6.39. The zero-order valence-corrected chi connectivity index (χ0v) is 21.2. The van der Waals surface area contributed by atoms with E-state index >= 15 is 0 Å². The Morgan fingerprint density at radius 2 is 1.56 bits per heavy atom. The van der Waals surface area contributed by atoms with Crippen molar-refractivity contribution in [3.63, 3.8) is 0 Å². The van der Waals surface area contributed by atoms with Crippen LogP contribution in [0.3, 0.4) is 0 Å². The van der Waals surface area contributed by atoms with Crippen molar-refractivity contribution in [2.24, 2.45) is 0 Å². The summed E-state index contributed by atoms with van der Waals surface area (Å²) in [5.41, 5.74) is 2.99. The molecule has 184 valence electrons. The number of hydrogen-bond acceptors (Lipinski definition) is 7. The number of piperazine rings is 1. The summed E-state index contributed by atoms with van der Waals surface area (Å²) in [5.74, 6) is 0.811. The first-order valence-corrected chi connectivity index (χ1v) is 13.1. The van der Waals surface area contributed by atoms with E-state index in [9.17, 15) is 4.79 Å². The Morgan fingerprint density at radius 1 is 0.917 bits per heavy atom. The maximum Gasteiger partial charge on any atom is 0.225 e. The number of nitrogens with zero attached hydrogens (tertiary/aromatic N) is 5. The van der Waals surface area contributed by atoms with Crippen molar-refractivity contribution in [2.45, 2.75) is 19.4 Å². The van der Waals surface area contributed by atoms with Gasteiger partial charge in [-0.3, -0.25) is 9.69 Å². The number of rotatable bonds is 8. The van der Waals surface area contributed by atoms with Gasteiger partial charge in [-0.25, -0.2) is 15.0 Å². The van der Waals surface area contributed by atoms with Crippen LogP contribution >= 0.6 is 11.3 Å². The predicted molar refractivity (Wildman–Crippen MR) is 145 cm³/mol. The second kappa shape index (κ2) is 11.4. The van der Waals surface area contributed by atoms with E-state index in [2.05, 4.69) is 44.1 Å². The van der Waals surface area contributed by atoms with Crippen LogP contribution in [0.4, 0.5) is 5.95 Å². The number of benzene rings is 2. The molecule has 2 aromatic heterocycles. The SMILES string of the molecule is CC(CNC(=O)Cc1sc(-c2ccccc2)nc1-c1ccccc1)N1CCN(c2ncccn2)CC1. The van der Waals surface area contributed by atoms with Gasteiger partial charge in [-0.2, -0.15) is 0 Å². The van der Waals surface area contributed by atoms with E-state index in [1.807, 2.05) is 54.6 Å². The van der Waals surface area contributed by atoms with Crippen LogP contribution < -0.4 is 10.2 Å². The maximum absolute atomic E-state index is 13.0. The smallest absolute Gasteiger partial charge is 0.225 e. The average Bonchev–Trinajstić information content (AvgIpc) is 3.37. The molecule has 0 saturated carbocycles. The molecule has 8 heteroatoms. The zero-order valence-electron chi connectivity index (χ0n) is 20.4. The quantitative estimate of drug-likeness (QED) is 0.394. The number of thiazole rings is 1. The van der Waals surface area contributed by atoms with Crippen molar-refractivity contribution in [2.75, 3.05) is 37.6 Å². The molecule has 0 spiro atoms. The molecule has 1 amide bonds. The Bertz CT molecular complexity index is 1260. The number of anilines is 1. The van der Waals surface area contributed by atoms with E-state index in [1.54, 1.807) is 23.7 Å². The minimum absolute atomic E-state index is 0.0265. The summed E-state index contributed by atoms with van der Waals surface area (Å²) in [4.78, 5) is 32.2. The summed E-state index contributed by atoms with van der Waals surface area (Å²) in [5, 5.41) is 4.09. The fourth-order valence-corrected chi connectivity index (χ4v) is 5.50. The van der Waals surface area contributed by atoms with Crippen LogP contribution in [-0.4, -0.2) is 64.5 Å². The molecule has 7 nitrogen and oxygen atoms in total. The first-order valence-electron chi connectivity index (χ1n) is 12.3. The van der Waals surface area contributed by atoms with Crippen LogP contribution in [0.25, 0.3) is 21.8 Å². The molecular formula is C28H30N6OS. The largest absolute Gasteiger partial charge is 0.354 e. The van der Waals surface area contributed by atoms with Gasteiger partial charge in [-0.1, -0.05) is 60.7 Å². The number of nitrogens with one attached hydrogen (secondary N) is 1. The molecule has 0 aliphatic carbocycles. The van der Waals surface area contributed by atoms with E-state index in [4.69, 9.17) is 4.98 Å². The molecule has 1 aliphatic rings. The van der Waals surface area contributed by atoms with Gasteiger partial charge in [0.1, 0.15) is 5.01 Å². The van der Waals surface area contributed by atoms with Gasteiger partial charge < -0.3 is 10.2 Å². The third-order valence-electron chi connectivity index (χ3n) is 6.45. The number of carbonyl (C=O) groups is 1. The predicted octanol–water partition coefficient (Wildman–Crippen LogP) is 4.14. The molecule has 36 heavy (non-hydrogen) atoms. The van der Waals surface area contributed by atoms with Crippen LogP contribution in [0.1, 0.15) is 11.8 Å². The average molecular weight is 499 g/mol. The molecule has 1 saturated heterocycles. The Labute approximate surface area is 215 Å². The molecule has 1 aliphatic heterocycles. The first kappa shape index (κ1) is 24.1. The molecule has 2 aromatic carbocycles. The molecule has 4 aromatic rings. The Hall–Kier alpha value is -3.62. The lowest BCUT2D eigenvalue weighted by atomic mass is 10.1. The van der Waals surface area contributed by atoms with E-state index < -0.39 is 0 Å². The van der Waals surface area contributed by atoms with Crippen LogP contribution in [0, 0.1) is 0 Å². The maximum atomic E-state index is 13.0. The van der Waals surface area contributed by atoms with Crippen molar-refractivity contribution in [3.05, 3.63) is 84.0 Å². The van der Waals surface area contributed by atoms with Crippen molar-refractivity contribution >= 4 is 23.2 Å². The van der Waals surface area contributed by atoms with E-state index in [0.717, 1.165) is 58.8 Å². The number of amides is 1. The second-order valence-corrected chi connectivity index (χ2v) is 10.0. The minimum atomic E-state index is 0.0265. The highest BCUT2D eigenvalue weighted by Gasteiger charge is 2.23. The molecular weight excluding hydrogens is 468 g/mol. The fraction of sp³-hybridized carbons (Fsp3) is 0.286. The van der Waals surface area contributed by atoms with Crippen molar-refractivity contribution in [1.29, 1.82) is 0 Å². The van der Waals surface area contributed by atoms with Crippen molar-refractivity contribution in [3.8, 4) is 21.8 Å². The highest BCUT2D eigenvalue weighted by molar-refractivity contribution is 7.15. The molecule has 5 rings (SSSR count). The molecule has 0 radical (unpaired) electrons. The van der Waals surface area contributed by atoms with Gasteiger partial charge in [0, 0.05) is 67.2 Å². The Balaban J connectivity index is 1.20. The van der Waals surface area contributed by atoms with E-state index in [-0.39, 0.29) is 11.9 Å². The minimum Gasteiger partial charge on any atom is -0.354 e. The molecule has 1 atom stereocenters. The summed E-state index contributed by atoms with van der Waals surface area (Å²) in [6, 6.07) is 22.3. The van der Waals surface area contributed by atoms with Crippen molar-refractivity contribution in [1.82, 2.24) is 25.2 Å². The third kappa shape index (κ3) is 5.78. The lowest BCUT2D eigenvalue weighted by Crippen LogP contribution is -2.52. The second-order valence-electron chi connectivity index (χ2n) is 8.92. The molecule has 1 fully saturated rings. The van der Waals surface area contributed by atoms with Crippen LogP contribution in [0.2, 0.25) is 0 Å². The molecule has 3 heterocycles. The number of carbonyl (C=O) groups excluding carboxylic acids is 1. The lowest BCUT2D eigenvalue weighted by molar-refractivity contribution is -0.120. The van der Waals surface area contributed by atoms with Crippen LogP contribution in [0.15, 0.2) is 79.1 Å². The summed E-state index contributed by atoms with van der Waals surface area (Å²) < 4.78 is 0. The molecule has 0 bridgehead atoms. The van der Waals surface area contributed by atoms with Gasteiger partial charge in [-0.05, 0) is 13.0 Å². The van der Waals surface area contributed by atoms with Crippen LogP contribution in [0.5, 0.6) is 0 Å². The highest BCUT2D eigenvalue weighted by Crippen LogP contribution is 2.34. The monoisotopic (exact) mass is 498 g/mol. The van der Waals surface area contributed by atoms with Crippen molar-refractivity contribution < 1.29 is 4.79 Å². The van der Waals surface area contributed by atoms with Gasteiger partial charge in [-0.15, -0.1) is 11.3 Å². The molecule has 1 N–H and O–H groups in total. The summed E-state index contributed by atoms with van der Waals surface area (Å²) in [7, 11) is 0. The third-order valence-corrected chi connectivity index (χ3v) is 7.56. The fourth-order valence-electron chi connectivity index (χ4n) is 4.41. The van der Waals surface area contributed by atoms with Gasteiger partial charge in [0.25, 0.3) is 0 Å². The van der Waals surface area contributed by atoms with E-state index in [0.29, 0.717) is 13.0 Å². The van der Waals surface area contributed by atoms with Gasteiger partial charge in [0.05, 0.1) is 12.1 Å². The Kier molecular flexibility index (Phi) is 7.64. The summed E-state index contributed by atoms with van der Waals surface area (Å²) in [6.07, 6.45) is 3.88. The number of aromatic nitrogens is 3. The van der Waals surface area contributed by atoms with Gasteiger partial charge in [0.15, 0.2) is 0 Å². The van der Waals surface area contributed by atoms with Gasteiger partial charge in [0.2, 0.25) is 11.9 Å². The van der Waals surface area contributed by atoms with Crippen LogP contribution in [-0.2, 0) is 11.2 Å². The lowest BCUT2D eigenvalue weighted by Gasteiger charge is -2.38. The topological polar surface area (TPSA) is 74.2 Å². The molecule has 1 unspecified atom stereocenters.